The third-order valence-corrected chi connectivity index (χ3v) is 6.88. The van der Waals surface area contributed by atoms with E-state index in [0.717, 1.165) is 43.6 Å². The van der Waals surface area contributed by atoms with Gasteiger partial charge in [-0.1, -0.05) is 18.2 Å². The summed E-state index contributed by atoms with van der Waals surface area (Å²) in [4.78, 5) is 29.7. The molecule has 2 amide bonds. The van der Waals surface area contributed by atoms with E-state index in [1.807, 2.05) is 12.1 Å². The molecule has 0 aromatic heterocycles. The van der Waals surface area contributed by atoms with Crippen LogP contribution in [-0.2, 0) is 27.3 Å². The van der Waals surface area contributed by atoms with Crippen LogP contribution in [0.3, 0.4) is 0 Å². The second-order valence-corrected chi connectivity index (χ2v) is 9.16. The fourth-order valence-electron chi connectivity index (χ4n) is 4.94. The summed E-state index contributed by atoms with van der Waals surface area (Å²) < 4.78 is 16.2. The van der Waals surface area contributed by atoms with Gasteiger partial charge in [0.1, 0.15) is 0 Å². The Hall–Kier alpha value is -3.30. The molecule has 3 aliphatic rings. The number of carbonyl (C=O) groups excluding carboxylic acids is 2. The van der Waals surface area contributed by atoms with Gasteiger partial charge in [0.2, 0.25) is 6.79 Å². The molecule has 1 atom stereocenters. The number of morpholine rings is 1. The van der Waals surface area contributed by atoms with Gasteiger partial charge in [0.05, 0.1) is 19.3 Å². The Balaban J connectivity index is 1.22. The van der Waals surface area contributed by atoms with Crippen molar-refractivity contribution < 1.29 is 23.8 Å². The molecular formula is C26H32N4O5. The van der Waals surface area contributed by atoms with Crippen LogP contribution < -0.4 is 25.0 Å². The number of nitrogens with zero attached hydrogens (tertiary/aromatic N) is 2. The van der Waals surface area contributed by atoms with Crippen LogP contribution in [0.25, 0.3) is 0 Å². The fraction of sp³-hybridized carbons (Fsp3) is 0.462. The predicted octanol–water partition coefficient (Wildman–Crippen LogP) is 1.60. The molecule has 2 N–H and O–H groups in total. The summed E-state index contributed by atoms with van der Waals surface area (Å²) in [6, 6.07) is 12.0. The Morgan fingerprint density at radius 3 is 2.63 bits per heavy atom. The highest BCUT2D eigenvalue weighted by atomic mass is 16.7. The molecule has 0 unspecified atom stereocenters. The molecule has 2 aromatic carbocycles. The first-order valence-corrected chi connectivity index (χ1v) is 12.2. The predicted molar refractivity (Wildman–Crippen MR) is 131 cm³/mol. The molecule has 5 rings (SSSR count). The maximum absolute atomic E-state index is 12.6. The van der Waals surface area contributed by atoms with Crippen molar-refractivity contribution >= 4 is 17.5 Å². The highest BCUT2D eigenvalue weighted by Crippen LogP contribution is 2.33. The van der Waals surface area contributed by atoms with Gasteiger partial charge in [0, 0.05) is 45.5 Å². The minimum absolute atomic E-state index is 0.0259. The zero-order chi connectivity index (χ0) is 24.2. The molecule has 3 aliphatic heterocycles. The summed E-state index contributed by atoms with van der Waals surface area (Å²) >= 11 is 0. The lowest BCUT2D eigenvalue weighted by Gasteiger charge is -2.36. The van der Waals surface area contributed by atoms with Crippen molar-refractivity contribution in [2.45, 2.75) is 25.4 Å². The van der Waals surface area contributed by atoms with Crippen molar-refractivity contribution in [3.63, 3.8) is 0 Å². The van der Waals surface area contributed by atoms with Crippen molar-refractivity contribution in [3.05, 3.63) is 53.1 Å². The standard InChI is InChI=1S/C26H32N4O5/c1-29-8-2-3-19-14-20(5-6-21(19)29)22(30-9-11-33-12-10-30)16-28-26(32)25(31)27-15-18-4-7-23-24(13-18)35-17-34-23/h4-7,13-14,22H,2-3,8-12,15-17H2,1H3,(H,27,31)(H,28,32)/t22-/m1/s1. The first-order chi connectivity index (χ1) is 17.1. The van der Waals surface area contributed by atoms with E-state index >= 15 is 0 Å². The molecule has 35 heavy (non-hydrogen) atoms. The molecule has 9 nitrogen and oxygen atoms in total. The van der Waals surface area contributed by atoms with Gasteiger partial charge in [-0.2, -0.15) is 0 Å². The number of aryl methyl sites for hydroxylation is 1. The normalized spacial score (nSPS) is 18.0. The van der Waals surface area contributed by atoms with Crippen molar-refractivity contribution in [1.82, 2.24) is 15.5 Å². The minimum atomic E-state index is -0.657. The number of fused-ring (bicyclic) bond motifs is 2. The number of nitrogens with one attached hydrogen (secondary N) is 2. The van der Waals surface area contributed by atoms with Crippen molar-refractivity contribution in [2.75, 3.05) is 58.1 Å². The van der Waals surface area contributed by atoms with Gasteiger partial charge in [-0.3, -0.25) is 14.5 Å². The van der Waals surface area contributed by atoms with Crippen molar-refractivity contribution in [1.29, 1.82) is 0 Å². The highest BCUT2D eigenvalue weighted by Gasteiger charge is 2.26. The minimum Gasteiger partial charge on any atom is -0.454 e. The summed E-state index contributed by atoms with van der Waals surface area (Å²) in [5.74, 6) is 0.0312. The lowest BCUT2D eigenvalue weighted by atomic mass is 9.95. The van der Waals surface area contributed by atoms with Crippen LogP contribution in [0.5, 0.6) is 11.5 Å². The van der Waals surface area contributed by atoms with Gasteiger partial charge >= 0.3 is 11.8 Å². The lowest BCUT2D eigenvalue weighted by molar-refractivity contribution is -0.139. The zero-order valence-corrected chi connectivity index (χ0v) is 20.0. The summed E-state index contributed by atoms with van der Waals surface area (Å²) in [5, 5.41) is 5.55. The van der Waals surface area contributed by atoms with Crippen LogP contribution in [0, 0.1) is 0 Å². The molecule has 0 saturated carbocycles. The van der Waals surface area contributed by atoms with Crippen molar-refractivity contribution in [2.24, 2.45) is 0 Å². The van der Waals surface area contributed by atoms with Crippen LogP contribution in [0.2, 0.25) is 0 Å². The molecule has 9 heteroatoms. The summed E-state index contributed by atoms with van der Waals surface area (Å²) in [6.07, 6.45) is 2.19. The van der Waals surface area contributed by atoms with E-state index in [1.165, 1.54) is 11.3 Å². The van der Waals surface area contributed by atoms with E-state index in [-0.39, 0.29) is 19.4 Å². The summed E-state index contributed by atoms with van der Waals surface area (Å²) in [6.45, 7) is 4.73. The molecule has 186 valence electrons. The van der Waals surface area contributed by atoms with E-state index < -0.39 is 11.8 Å². The first kappa shape index (κ1) is 23.4. The Kier molecular flexibility index (Phi) is 7.06. The van der Waals surface area contributed by atoms with Gasteiger partial charge < -0.3 is 29.7 Å². The third-order valence-electron chi connectivity index (χ3n) is 6.88. The van der Waals surface area contributed by atoms with Crippen LogP contribution >= 0.6 is 0 Å². The first-order valence-electron chi connectivity index (χ1n) is 12.2. The largest absolute Gasteiger partial charge is 0.454 e. The van der Waals surface area contributed by atoms with Crippen LogP contribution in [0.1, 0.15) is 29.2 Å². The van der Waals surface area contributed by atoms with Crippen molar-refractivity contribution in [3.8, 4) is 11.5 Å². The van der Waals surface area contributed by atoms with E-state index in [4.69, 9.17) is 14.2 Å². The number of rotatable bonds is 6. The van der Waals surface area contributed by atoms with Crippen LogP contribution in [-0.4, -0.2) is 69.9 Å². The molecule has 0 aliphatic carbocycles. The smallest absolute Gasteiger partial charge is 0.309 e. The number of ether oxygens (including phenoxy) is 3. The monoisotopic (exact) mass is 480 g/mol. The number of hydrogen-bond donors (Lipinski definition) is 2. The summed E-state index contributed by atoms with van der Waals surface area (Å²) in [5.41, 5.74) is 4.60. The second kappa shape index (κ2) is 10.5. The number of carbonyl (C=O) groups is 2. The van der Waals surface area contributed by atoms with Gasteiger partial charge in [0.25, 0.3) is 0 Å². The summed E-state index contributed by atoms with van der Waals surface area (Å²) in [7, 11) is 2.12. The van der Waals surface area contributed by atoms with E-state index in [2.05, 4.69) is 45.7 Å². The van der Waals surface area contributed by atoms with Crippen LogP contribution in [0.4, 0.5) is 5.69 Å². The number of anilines is 1. The van der Waals surface area contributed by atoms with E-state index in [0.29, 0.717) is 31.3 Å². The fourth-order valence-corrected chi connectivity index (χ4v) is 4.94. The SMILES string of the molecule is CN1CCCc2cc([C@@H](CNC(=O)C(=O)NCc3ccc4c(c3)OCO4)N3CCOCC3)ccc21. The average molecular weight is 481 g/mol. The maximum Gasteiger partial charge on any atom is 0.309 e. The Morgan fingerprint density at radius 2 is 1.77 bits per heavy atom. The zero-order valence-electron chi connectivity index (χ0n) is 20.0. The second-order valence-electron chi connectivity index (χ2n) is 9.16. The van der Waals surface area contributed by atoms with Gasteiger partial charge in [-0.15, -0.1) is 0 Å². The van der Waals surface area contributed by atoms with Gasteiger partial charge in [0.15, 0.2) is 11.5 Å². The van der Waals surface area contributed by atoms with Gasteiger partial charge in [-0.25, -0.2) is 0 Å². The van der Waals surface area contributed by atoms with Crippen LogP contribution in [0.15, 0.2) is 36.4 Å². The molecule has 0 bridgehead atoms. The number of benzene rings is 2. The Bertz CT molecular complexity index is 1090. The molecule has 0 radical (unpaired) electrons. The molecular weight excluding hydrogens is 448 g/mol. The maximum atomic E-state index is 12.6. The molecule has 1 saturated heterocycles. The topological polar surface area (TPSA) is 92.4 Å². The van der Waals surface area contributed by atoms with E-state index in [1.54, 1.807) is 6.07 Å². The van der Waals surface area contributed by atoms with Gasteiger partial charge in [-0.05, 0) is 47.7 Å². The number of hydrogen-bond acceptors (Lipinski definition) is 7. The quantitative estimate of drug-likeness (QED) is 0.607. The lowest BCUT2D eigenvalue weighted by Crippen LogP contribution is -2.46. The highest BCUT2D eigenvalue weighted by molar-refractivity contribution is 6.35. The molecule has 0 spiro atoms. The third kappa shape index (κ3) is 5.36. The number of amides is 2. The molecule has 3 heterocycles. The average Bonchev–Trinajstić information content (AvgIpc) is 3.36. The molecule has 2 aromatic rings. The Labute approximate surface area is 205 Å². The van der Waals surface area contributed by atoms with E-state index in [9.17, 15) is 9.59 Å². The molecule has 1 fully saturated rings. The Morgan fingerprint density at radius 1 is 0.971 bits per heavy atom.